The lowest BCUT2D eigenvalue weighted by Gasteiger charge is -2.16. The Labute approximate surface area is 157 Å². The third kappa shape index (κ3) is 5.12. The number of hydrogen-bond acceptors (Lipinski definition) is 3. The number of hydrogen-bond donors (Lipinski definition) is 2. The van der Waals surface area contributed by atoms with Crippen LogP contribution in [0.15, 0.2) is 18.2 Å². The molecular formula is C16H16Cl2F3N3O2. The van der Waals surface area contributed by atoms with Crippen molar-refractivity contribution in [2.24, 2.45) is 0 Å². The van der Waals surface area contributed by atoms with Gasteiger partial charge in [-0.2, -0.15) is 13.2 Å². The van der Waals surface area contributed by atoms with Crippen molar-refractivity contribution >= 4 is 29.2 Å². The first-order valence-electron chi connectivity index (χ1n) is 7.59. The van der Waals surface area contributed by atoms with Crippen LogP contribution in [0.4, 0.5) is 13.2 Å². The number of nitrogens with one attached hydrogen (secondary N) is 1. The molecule has 0 saturated heterocycles. The lowest BCUT2D eigenvalue weighted by atomic mass is 10.1. The van der Waals surface area contributed by atoms with Gasteiger partial charge in [0.1, 0.15) is 5.82 Å². The van der Waals surface area contributed by atoms with Gasteiger partial charge in [0, 0.05) is 29.6 Å². The molecule has 0 atom stereocenters. The highest BCUT2D eigenvalue weighted by Crippen LogP contribution is 2.24. The van der Waals surface area contributed by atoms with E-state index >= 15 is 0 Å². The standard InChI is InChI=1S/C14H15Cl2N3.C2HF3O2/c1-9-18-13-4-5-17-7-14(13)19(9)8-10-6-11(15)2-3-12(10)16;3-2(4,5)1(6)7/h2-3,6,17H,4-5,7-8H2,1H3;(H,6,7). The van der Waals surface area contributed by atoms with Gasteiger partial charge in [-0.1, -0.05) is 23.2 Å². The van der Waals surface area contributed by atoms with Crippen molar-refractivity contribution in [1.82, 2.24) is 14.9 Å². The van der Waals surface area contributed by atoms with Gasteiger partial charge in [0.05, 0.1) is 17.9 Å². The molecule has 1 aromatic carbocycles. The zero-order valence-corrected chi connectivity index (χ0v) is 15.2. The van der Waals surface area contributed by atoms with E-state index in [1.165, 1.54) is 11.4 Å². The summed E-state index contributed by atoms with van der Waals surface area (Å²) in [6, 6.07) is 5.58. The predicted octanol–water partition coefficient (Wildman–Crippen LogP) is 3.83. The van der Waals surface area contributed by atoms with Crippen molar-refractivity contribution in [3.8, 4) is 0 Å². The topological polar surface area (TPSA) is 67.2 Å². The summed E-state index contributed by atoms with van der Waals surface area (Å²) in [5, 5.41) is 12.0. The number of carboxylic acids is 1. The van der Waals surface area contributed by atoms with Crippen LogP contribution in [-0.4, -0.2) is 33.3 Å². The predicted molar refractivity (Wildman–Crippen MR) is 91.6 cm³/mol. The summed E-state index contributed by atoms with van der Waals surface area (Å²) in [5.74, 6) is -1.72. The molecule has 0 fully saturated rings. The summed E-state index contributed by atoms with van der Waals surface area (Å²) < 4.78 is 34.0. The average Bonchev–Trinajstić information content (AvgIpc) is 2.86. The number of rotatable bonds is 2. The minimum atomic E-state index is -5.08. The Balaban J connectivity index is 0.000000298. The summed E-state index contributed by atoms with van der Waals surface area (Å²) in [4.78, 5) is 13.5. The molecule has 0 unspecified atom stereocenters. The first-order chi connectivity index (χ1) is 12.1. The lowest BCUT2D eigenvalue weighted by molar-refractivity contribution is -0.192. The number of nitrogens with zero attached hydrogens (tertiary/aromatic N) is 2. The van der Waals surface area contributed by atoms with Crippen LogP contribution in [-0.2, 0) is 24.3 Å². The molecule has 0 saturated carbocycles. The Morgan fingerprint density at radius 1 is 1.38 bits per heavy atom. The Kier molecular flexibility index (Phi) is 6.54. The van der Waals surface area contributed by atoms with E-state index < -0.39 is 12.1 Å². The summed E-state index contributed by atoms with van der Waals surface area (Å²) in [7, 11) is 0. The zero-order chi connectivity index (χ0) is 19.5. The van der Waals surface area contributed by atoms with Gasteiger partial charge in [-0.3, -0.25) is 0 Å². The van der Waals surface area contributed by atoms with Gasteiger partial charge >= 0.3 is 12.1 Å². The van der Waals surface area contributed by atoms with E-state index in [0.29, 0.717) is 5.02 Å². The summed E-state index contributed by atoms with van der Waals surface area (Å²) in [6.07, 6.45) is -4.09. The Bertz CT molecular complexity index is 807. The summed E-state index contributed by atoms with van der Waals surface area (Å²) >= 11 is 12.3. The normalized spacial score (nSPS) is 13.6. The summed E-state index contributed by atoms with van der Waals surface area (Å²) in [6.45, 7) is 4.63. The molecule has 2 aromatic rings. The largest absolute Gasteiger partial charge is 0.490 e. The number of halogens is 5. The van der Waals surface area contributed by atoms with Crippen molar-refractivity contribution in [1.29, 1.82) is 0 Å². The second kappa shape index (κ2) is 8.28. The van der Waals surface area contributed by atoms with E-state index in [9.17, 15) is 13.2 Å². The highest BCUT2D eigenvalue weighted by molar-refractivity contribution is 6.33. The fourth-order valence-electron chi connectivity index (χ4n) is 2.53. The highest BCUT2D eigenvalue weighted by Gasteiger charge is 2.38. The number of imidazole rings is 1. The smallest absolute Gasteiger partial charge is 0.475 e. The van der Waals surface area contributed by atoms with Crippen molar-refractivity contribution in [2.75, 3.05) is 6.54 Å². The molecule has 26 heavy (non-hydrogen) atoms. The fourth-order valence-corrected chi connectivity index (χ4v) is 2.90. The van der Waals surface area contributed by atoms with E-state index in [-0.39, 0.29) is 0 Å². The Morgan fingerprint density at radius 3 is 2.65 bits per heavy atom. The van der Waals surface area contributed by atoms with E-state index in [1.54, 1.807) is 0 Å². The fraction of sp³-hybridized carbons (Fsp3) is 0.375. The summed E-state index contributed by atoms with van der Waals surface area (Å²) in [5.41, 5.74) is 3.50. The third-order valence-corrected chi connectivity index (χ3v) is 4.36. The zero-order valence-electron chi connectivity index (χ0n) is 13.7. The van der Waals surface area contributed by atoms with E-state index in [1.807, 2.05) is 25.1 Å². The molecule has 0 spiro atoms. The number of fused-ring (bicyclic) bond motifs is 1. The molecule has 2 N–H and O–H groups in total. The van der Waals surface area contributed by atoms with Crippen LogP contribution in [0.5, 0.6) is 0 Å². The molecule has 0 bridgehead atoms. The quantitative estimate of drug-likeness (QED) is 0.790. The first-order valence-corrected chi connectivity index (χ1v) is 8.35. The van der Waals surface area contributed by atoms with Crippen LogP contribution in [0.3, 0.4) is 0 Å². The second-order valence-corrected chi connectivity index (χ2v) is 6.45. The molecule has 10 heteroatoms. The second-order valence-electron chi connectivity index (χ2n) is 5.60. The van der Waals surface area contributed by atoms with Gasteiger partial charge in [0.25, 0.3) is 0 Å². The highest BCUT2D eigenvalue weighted by atomic mass is 35.5. The number of carbonyl (C=O) groups is 1. The molecule has 1 aromatic heterocycles. The molecule has 0 aliphatic carbocycles. The monoisotopic (exact) mass is 409 g/mol. The molecule has 3 rings (SSSR count). The maximum atomic E-state index is 10.6. The van der Waals surface area contributed by atoms with Crippen molar-refractivity contribution in [3.05, 3.63) is 51.0 Å². The van der Waals surface area contributed by atoms with Crippen molar-refractivity contribution in [2.45, 2.75) is 32.6 Å². The van der Waals surface area contributed by atoms with Crippen LogP contribution < -0.4 is 5.32 Å². The molecule has 0 amide bonds. The van der Waals surface area contributed by atoms with Gasteiger partial charge in [0.15, 0.2) is 0 Å². The third-order valence-electron chi connectivity index (χ3n) is 3.76. The minimum Gasteiger partial charge on any atom is -0.475 e. The number of aromatic nitrogens is 2. The van der Waals surface area contributed by atoms with Gasteiger partial charge in [0.2, 0.25) is 0 Å². The average molecular weight is 410 g/mol. The number of aryl methyl sites for hydroxylation is 1. The van der Waals surface area contributed by atoms with Gasteiger partial charge in [-0.15, -0.1) is 0 Å². The Morgan fingerprint density at radius 2 is 2.04 bits per heavy atom. The van der Waals surface area contributed by atoms with Gasteiger partial charge < -0.3 is 15.0 Å². The number of aliphatic carboxylic acids is 1. The van der Waals surface area contributed by atoms with Gasteiger partial charge in [-0.05, 0) is 30.7 Å². The minimum absolute atomic E-state index is 0.712. The maximum Gasteiger partial charge on any atom is 0.490 e. The van der Waals surface area contributed by atoms with Crippen LogP contribution in [0.2, 0.25) is 10.0 Å². The van der Waals surface area contributed by atoms with Crippen molar-refractivity contribution in [3.63, 3.8) is 0 Å². The molecule has 0 radical (unpaired) electrons. The molecule has 1 aliphatic rings. The van der Waals surface area contributed by atoms with E-state index in [4.69, 9.17) is 33.1 Å². The van der Waals surface area contributed by atoms with E-state index in [2.05, 4.69) is 14.9 Å². The Hall–Kier alpha value is -1.77. The number of benzene rings is 1. The van der Waals surface area contributed by atoms with Crippen LogP contribution in [0, 0.1) is 6.92 Å². The molecular weight excluding hydrogens is 394 g/mol. The van der Waals surface area contributed by atoms with Gasteiger partial charge in [-0.25, -0.2) is 9.78 Å². The number of alkyl halides is 3. The maximum absolute atomic E-state index is 10.6. The van der Waals surface area contributed by atoms with E-state index in [0.717, 1.165) is 42.5 Å². The molecule has 142 valence electrons. The van der Waals surface area contributed by atoms with Crippen LogP contribution >= 0.6 is 23.2 Å². The molecule has 2 heterocycles. The SMILES string of the molecule is Cc1nc2c(n1Cc1cc(Cl)ccc1Cl)CNCC2.O=C(O)C(F)(F)F. The number of carboxylic acid groups (broad SMARTS) is 1. The molecule has 1 aliphatic heterocycles. The molecule has 5 nitrogen and oxygen atoms in total. The van der Waals surface area contributed by atoms with Crippen molar-refractivity contribution < 1.29 is 23.1 Å². The lowest BCUT2D eigenvalue weighted by Crippen LogP contribution is -2.25. The van der Waals surface area contributed by atoms with Crippen LogP contribution in [0.25, 0.3) is 0 Å². The van der Waals surface area contributed by atoms with Crippen LogP contribution in [0.1, 0.15) is 22.8 Å². The first kappa shape index (κ1) is 20.5.